The Labute approximate surface area is 248 Å². The van der Waals surface area contributed by atoms with Gasteiger partial charge in [-0.3, -0.25) is 4.79 Å². The Kier molecular flexibility index (Phi) is 7.08. The van der Waals surface area contributed by atoms with Gasteiger partial charge in [-0.25, -0.2) is 17.9 Å². The van der Waals surface area contributed by atoms with Gasteiger partial charge >= 0.3 is 12.1 Å². The second-order valence-corrected chi connectivity index (χ2v) is 11.9. The number of hydrogen-bond donors (Lipinski definition) is 1. The van der Waals surface area contributed by atoms with Crippen LogP contribution in [0.5, 0.6) is 11.5 Å². The van der Waals surface area contributed by atoms with E-state index in [2.05, 4.69) is 5.10 Å². The number of carboxylic acids is 1. The van der Waals surface area contributed by atoms with E-state index in [0.29, 0.717) is 17.2 Å². The molecule has 0 unspecified atom stereocenters. The monoisotopic (exact) mass is 628 g/mol. The maximum atomic E-state index is 14.2. The average Bonchev–Trinajstić information content (AvgIpc) is 3.64. The van der Waals surface area contributed by atoms with Gasteiger partial charge in [-0.05, 0) is 42.5 Å². The number of fused-ring (bicyclic) bond motifs is 2. The van der Waals surface area contributed by atoms with Crippen molar-refractivity contribution in [2.75, 3.05) is 25.3 Å². The number of aromatic carboxylic acids is 1. The summed E-state index contributed by atoms with van der Waals surface area (Å²) < 4.78 is 82.1. The molecule has 228 valence electrons. The first-order valence-electron chi connectivity index (χ1n) is 13.1. The minimum absolute atomic E-state index is 0.0614. The smallest absolute Gasteiger partial charge is 0.435 e. The molecular weight excluding hydrogens is 605 g/mol. The number of nitrogens with zero attached hydrogens (tertiary/aromatic N) is 4. The Morgan fingerprint density at radius 2 is 1.75 bits per heavy atom. The van der Waals surface area contributed by atoms with Gasteiger partial charge in [-0.2, -0.15) is 22.6 Å². The average molecular weight is 629 g/mol. The fourth-order valence-corrected chi connectivity index (χ4v) is 6.82. The summed E-state index contributed by atoms with van der Waals surface area (Å²) >= 11 is 0. The molecule has 2 aliphatic rings. The SMILES string of the molecule is CN(C(=O)c1cccc(-n2nc(C(F)(F)F)c3c2CCN(S(=O)(=O)c2ccccc2C(=O)O)C3)c1)c1ccc2c(c1)OCO2. The van der Waals surface area contributed by atoms with Gasteiger partial charge in [-0.1, -0.05) is 18.2 Å². The maximum absolute atomic E-state index is 14.2. The lowest BCUT2D eigenvalue weighted by atomic mass is 10.1. The summed E-state index contributed by atoms with van der Waals surface area (Å²) in [6.07, 6.45) is -5.07. The van der Waals surface area contributed by atoms with Gasteiger partial charge in [0.15, 0.2) is 17.2 Å². The number of aromatic nitrogens is 2. The van der Waals surface area contributed by atoms with Gasteiger partial charge in [0.25, 0.3) is 5.91 Å². The predicted molar refractivity (Wildman–Crippen MR) is 149 cm³/mol. The molecule has 15 heteroatoms. The highest BCUT2D eigenvalue weighted by molar-refractivity contribution is 7.89. The summed E-state index contributed by atoms with van der Waals surface area (Å²) in [7, 11) is -2.93. The van der Waals surface area contributed by atoms with Crippen LogP contribution in [-0.2, 0) is 29.2 Å². The molecule has 1 aromatic heterocycles. The summed E-state index contributed by atoms with van der Waals surface area (Å²) in [6.45, 7) is -0.838. The largest absolute Gasteiger partial charge is 0.478 e. The zero-order valence-corrected chi connectivity index (χ0v) is 23.7. The van der Waals surface area contributed by atoms with Crippen LogP contribution in [0.4, 0.5) is 18.9 Å². The summed E-state index contributed by atoms with van der Waals surface area (Å²) in [4.78, 5) is 25.9. The standard InChI is InChI=1S/C29H23F3N4O7S/c1-34(18-9-10-23-24(14-18)43-16-42-23)27(37)17-5-4-6-19(13-17)36-22-11-12-35(15-21(22)26(33-36)29(30,31)32)44(40,41)25-8-3-2-7-20(25)28(38)39/h2-10,13-14H,11-12,15-16H2,1H3,(H,38,39). The molecule has 1 amide bonds. The van der Waals surface area contributed by atoms with Crippen molar-refractivity contribution in [3.05, 3.63) is 94.8 Å². The van der Waals surface area contributed by atoms with E-state index in [-0.39, 0.29) is 42.3 Å². The number of hydrogen-bond acceptors (Lipinski definition) is 7. The molecule has 0 fully saturated rings. The van der Waals surface area contributed by atoms with E-state index < -0.39 is 50.8 Å². The van der Waals surface area contributed by atoms with Gasteiger partial charge in [0.05, 0.1) is 21.8 Å². The first-order chi connectivity index (χ1) is 20.9. The molecule has 0 radical (unpaired) electrons. The van der Waals surface area contributed by atoms with E-state index in [1.807, 2.05) is 0 Å². The first kappa shape index (κ1) is 29.2. The van der Waals surface area contributed by atoms with Crippen molar-refractivity contribution in [3.63, 3.8) is 0 Å². The topological polar surface area (TPSA) is 131 Å². The summed E-state index contributed by atoms with van der Waals surface area (Å²) in [5.74, 6) is -0.916. The molecular formula is C29H23F3N4O7S. The normalized spacial score (nSPS) is 14.7. The van der Waals surface area contributed by atoms with Crippen molar-refractivity contribution in [3.8, 4) is 17.2 Å². The molecule has 0 atom stereocenters. The van der Waals surface area contributed by atoms with Crippen LogP contribution in [0.2, 0.25) is 0 Å². The zero-order chi connectivity index (χ0) is 31.4. The lowest BCUT2D eigenvalue weighted by molar-refractivity contribution is -0.142. The van der Waals surface area contributed by atoms with Crippen molar-refractivity contribution in [2.24, 2.45) is 0 Å². The molecule has 44 heavy (non-hydrogen) atoms. The first-order valence-corrected chi connectivity index (χ1v) is 14.6. The number of ether oxygens (including phenoxy) is 2. The second-order valence-electron chi connectivity index (χ2n) is 10.0. The number of amides is 1. The van der Waals surface area contributed by atoms with Crippen molar-refractivity contribution in [1.29, 1.82) is 0 Å². The van der Waals surface area contributed by atoms with Crippen LogP contribution in [0.3, 0.4) is 0 Å². The number of carboxylic acid groups (broad SMARTS) is 1. The van der Waals surface area contributed by atoms with Crippen molar-refractivity contribution in [2.45, 2.75) is 24.0 Å². The molecule has 1 N–H and O–H groups in total. The van der Waals surface area contributed by atoms with Crippen LogP contribution in [-0.4, -0.2) is 59.9 Å². The zero-order valence-electron chi connectivity index (χ0n) is 22.9. The second kappa shape index (κ2) is 10.7. The highest BCUT2D eigenvalue weighted by Gasteiger charge is 2.43. The molecule has 11 nitrogen and oxygen atoms in total. The molecule has 3 heterocycles. The number of carbonyl (C=O) groups excluding carboxylic acids is 1. The lowest BCUT2D eigenvalue weighted by Crippen LogP contribution is -2.37. The third-order valence-electron chi connectivity index (χ3n) is 7.41. The third-order valence-corrected chi connectivity index (χ3v) is 9.32. The predicted octanol–water partition coefficient (Wildman–Crippen LogP) is 4.34. The molecule has 6 rings (SSSR count). The Morgan fingerprint density at radius 3 is 2.50 bits per heavy atom. The van der Waals surface area contributed by atoms with Crippen LogP contribution in [0, 0.1) is 0 Å². The molecule has 0 saturated heterocycles. The van der Waals surface area contributed by atoms with Gasteiger partial charge in [0.2, 0.25) is 16.8 Å². The molecule has 2 aliphatic heterocycles. The Morgan fingerprint density at radius 1 is 1.00 bits per heavy atom. The number of sulfonamides is 1. The van der Waals surface area contributed by atoms with Gasteiger partial charge in [0.1, 0.15) is 0 Å². The number of halogens is 3. The molecule has 3 aromatic carbocycles. The Balaban J connectivity index is 1.34. The number of benzene rings is 3. The fourth-order valence-electron chi connectivity index (χ4n) is 5.22. The number of rotatable bonds is 6. The third kappa shape index (κ3) is 5.03. The fraction of sp³-hybridized carbons (Fsp3) is 0.207. The molecule has 0 aliphatic carbocycles. The van der Waals surface area contributed by atoms with Crippen LogP contribution >= 0.6 is 0 Å². The van der Waals surface area contributed by atoms with Crippen LogP contribution in [0.1, 0.15) is 37.7 Å². The molecule has 4 aromatic rings. The van der Waals surface area contributed by atoms with Crippen molar-refractivity contribution < 1.29 is 45.8 Å². The summed E-state index contributed by atoms with van der Waals surface area (Å²) in [6, 6.07) is 15.8. The highest BCUT2D eigenvalue weighted by Crippen LogP contribution is 2.38. The highest BCUT2D eigenvalue weighted by atomic mass is 32.2. The van der Waals surface area contributed by atoms with E-state index in [1.165, 1.54) is 41.3 Å². The van der Waals surface area contributed by atoms with E-state index in [0.717, 1.165) is 21.1 Å². The number of alkyl halides is 3. The van der Waals surface area contributed by atoms with E-state index in [1.54, 1.807) is 25.2 Å². The Hall–Kier alpha value is -4.89. The van der Waals surface area contributed by atoms with Crippen LogP contribution < -0.4 is 14.4 Å². The van der Waals surface area contributed by atoms with Gasteiger partial charge in [-0.15, -0.1) is 0 Å². The molecule has 0 spiro atoms. The minimum Gasteiger partial charge on any atom is -0.478 e. The van der Waals surface area contributed by atoms with Crippen LogP contribution in [0.25, 0.3) is 5.69 Å². The number of carbonyl (C=O) groups is 2. The number of anilines is 1. The van der Waals surface area contributed by atoms with E-state index in [4.69, 9.17) is 9.47 Å². The molecule has 0 saturated carbocycles. The lowest BCUT2D eigenvalue weighted by Gasteiger charge is -2.28. The minimum atomic E-state index is -4.92. The van der Waals surface area contributed by atoms with Gasteiger partial charge < -0.3 is 19.5 Å². The van der Waals surface area contributed by atoms with Crippen LogP contribution in [0.15, 0.2) is 71.6 Å². The molecule has 0 bridgehead atoms. The Bertz CT molecular complexity index is 1920. The quantitative estimate of drug-likeness (QED) is 0.334. The summed E-state index contributed by atoms with van der Waals surface area (Å²) in [5, 5.41) is 13.3. The van der Waals surface area contributed by atoms with Crippen molar-refractivity contribution in [1.82, 2.24) is 14.1 Å². The summed E-state index contributed by atoms with van der Waals surface area (Å²) in [5.41, 5.74) is -1.13. The van der Waals surface area contributed by atoms with E-state index in [9.17, 15) is 36.3 Å². The maximum Gasteiger partial charge on any atom is 0.435 e. The van der Waals surface area contributed by atoms with E-state index >= 15 is 0 Å². The van der Waals surface area contributed by atoms with Crippen molar-refractivity contribution >= 4 is 27.6 Å². The van der Waals surface area contributed by atoms with Gasteiger partial charge in [0, 0.05) is 49.4 Å².